The van der Waals surface area contributed by atoms with E-state index in [1.807, 2.05) is 5.38 Å². The van der Waals surface area contributed by atoms with Crippen molar-refractivity contribution in [1.82, 2.24) is 9.29 Å². The van der Waals surface area contributed by atoms with Gasteiger partial charge in [-0.2, -0.15) is 4.31 Å². The molecular formula is C22H23ClFN3O4S2. The average Bonchev–Trinajstić information content (AvgIpc) is 3.29. The second-order valence-electron chi connectivity index (χ2n) is 7.45. The molecule has 0 N–H and O–H groups in total. The molecule has 0 spiro atoms. The van der Waals surface area contributed by atoms with Crippen LogP contribution >= 0.6 is 22.9 Å². The number of nitrogens with zero attached hydrogens (tertiary/aromatic N) is 3. The number of hydrogen-bond acceptors (Lipinski definition) is 7. The Hall–Kier alpha value is -2.40. The highest BCUT2D eigenvalue weighted by atomic mass is 35.5. The maximum absolute atomic E-state index is 13.7. The summed E-state index contributed by atoms with van der Waals surface area (Å²) in [7, 11) is -0.817. The smallest absolute Gasteiger partial charge is 0.247 e. The van der Waals surface area contributed by atoms with Gasteiger partial charge in [0.1, 0.15) is 22.2 Å². The lowest BCUT2D eigenvalue weighted by atomic mass is 10.1. The van der Waals surface area contributed by atoms with Crippen molar-refractivity contribution in [3.05, 3.63) is 63.9 Å². The van der Waals surface area contributed by atoms with Crippen LogP contribution in [0.1, 0.15) is 11.3 Å². The summed E-state index contributed by atoms with van der Waals surface area (Å²) in [6, 6.07) is 9.46. The third-order valence-corrected chi connectivity index (χ3v) is 8.58. The molecular weight excluding hydrogens is 489 g/mol. The van der Waals surface area contributed by atoms with Gasteiger partial charge in [-0.3, -0.25) is 0 Å². The molecule has 0 radical (unpaired) electrons. The molecule has 176 valence electrons. The predicted molar refractivity (Wildman–Crippen MR) is 127 cm³/mol. The van der Waals surface area contributed by atoms with Crippen LogP contribution in [0.15, 0.2) is 46.7 Å². The van der Waals surface area contributed by atoms with Crippen molar-refractivity contribution >= 4 is 38.1 Å². The van der Waals surface area contributed by atoms with Crippen LogP contribution in [0.5, 0.6) is 11.5 Å². The van der Waals surface area contributed by atoms with Crippen molar-refractivity contribution in [2.24, 2.45) is 0 Å². The second-order valence-corrected chi connectivity index (χ2v) is 10.6. The van der Waals surface area contributed by atoms with E-state index in [-0.39, 0.29) is 15.7 Å². The Morgan fingerprint density at radius 2 is 1.85 bits per heavy atom. The van der Waals surface area contributed by atoms with Gasteiger partial charge in [-0.25, -0.2) is 17.8 Å². The lowest BCUT2D eigenvalue weighted by Gasteiger charge is -2.34. The molecule has 0 unspecified atom stereocenters. The van der Waals surface area contributed by atoms with Crippen LogP contribution in [-0.2, 0) is 16.4 Å². The summed E-state index contributed by atoms with van der Waals surface area (Å²) in [5.41, 5.74) is 1.62. The first-order valence-electron chi connectivity index (χ1n) is 10.2. The lowest BCUT2D eigenvalue weighted by molar-refractivity contribution is 0.370. The number of halogens is 2. The van der Waals surface area contributed by atoms with Gasteiger partial charge in [-0.1, -0.05) is 17.7 Å². The zero-order valence-corrected chi connectivity index (χ0v) is 20.5. The van der Waals surface area contributed by atoms with Gasteiger partial charge in [0.2, 0.25) is 10.0 Å². The molecule has 0 atom stereocenters. The number of hydrogen-bond donors (Lipinski definition) is 0. The molecule has 0 aliphatic carbocycles. The number of ether oxygens (including phenoxy) is 2. The van der Waals surface area contributed by atoms with Gasteiger partial charge in [0.05, 0.1) is 24.9 Å². The summed E-state index contributed by atoms with van der Waals surface area (Å²) in [6.45, 7) is 1.65. The summed E-state index contributed by atoms with van der Waals surface area (Å²) < 4.78 is 52.1. The summed E-state index contributed by atoms with van der Waals surface area (Å²) in [6.07, 6.45) is 0.495. The highest BCUT2D eigenvalue weighted by molar-refractivity contribution is 7.89. The minimum Gasteiger partial charge on any atom is -0.497 e. The Balaban J connectivity index is 1.43. The van der Waals surface area contributed by atoms with Crippen molar-refractivity contribution in [1.29, 1.82) is 0 Å². The van der Waals surface area contributed by atoms with Crippen LogP contribution in [0.4, 0.5) is 9.52 Å². The zero-order valence-electron chi connectivity index (χ0n) is 18.1. The molecule has 1 aliphatic rings. The largest absolute Gasteiger partial charge is 0.497 e. The topological polar surface area (TPSA) is 72.0 Å². The highest BCUT2D eigenvalue weighted by Gasteiger charge is 2.32. The number of aromatic nitrogens is 1. The van der Waals surface area contributed by atoms with E-state index in [9.17, 15) is 12.8 Å². The third kappa shape index (κ3) is 5.08. The molecule has 1 aliphatic heterocycles. The maximum atomic E-state index is 13.7. The fraction of sp³-hybridized carbons (Fsp3) is 0.318. The fourth-order valence-electron chi connectivity index (χ4n) is 3.63. The molecule has 7 nitrogen and oxygen atoms in total. The van der Waals surface area contributed by atoms with E-state index in [4.69, 9.17) is 21.1 Å². The van der Waals surface area contributed by atoms with E-state index >= 15 is 0 Å². The molecule has 1 fully saturated rings. The van der Waals surface area contributed by atoms with Gasteiger partial charge in [0.15, 0.2) is 5.13 Å². The van der Waals surface area contributed by atoms with Gasteiger partial charge >= 0.3 is 0 Å². The molecule has 4 rings (SSSR count). The molecule has 2 heterocycles. The monoisotopic (exact) mass is 511 g/mol. The molecule has 2 aromatic carbocycles. The Morgan fingerprint density at radius 1 is 1.09 bits per heavy atom. The molecule has 11 heteroatoms. The normalized spacial score (nSPS) is 15.0. The number of methoxy groups -OCH3 is 2. The zero-order chi connectivity index (χ0) is 23.6. The molecule has 33 heavy (non-hydrogen) atoms. The van der Waals surface area contributed by atoms with Crippen molar-refractivity contribution < 1.29 is 22.3 Å². The third-order valence-electron chi connectivity index (χ3n) is 5.41. The number of piperazine rings is 1. The van der Waals surface area contributed by atoms with E-state index in [2.05, 4.69) is 9.88 Å². The number of benzene rings is 2. The van der Waals surface area contributed by atoms with Crippen LogP contribution < -0.4 is 14.4 Å². The summed E-state index contributed by atoms with van der Waals surface area (Å²) in [5.74, 6) is 0.278. The SMILES string of the molecule is COc1ccc(OC)c(S(=O)(=O)N2CCN(c3nc(Cc4ccc(Cl)c(F)c4)cs3)CC2)c1. The summed E-state index contributed by atoms with van der Waals surface area (Å²) in [4.78, 5) is 6.81. The molecule has 3 aromatic rings. The van der Waals surface area contributed by atoms with E-state index in [0.29, 0.717) is 38.3 Å². The Bertz CT molecular complexity index is 1240. The van der Waals surface area contributed by atoms with Crippen LogP contribution in [-0.4, -0.2) is 58.1 Å². The van der Waals surface area contributed by atoms with Gasteiger partial charge in [-0.15, -0.1) is 11.3 Å². The Morgan fingerprint density at radius 3 is 2.52 bits per heavy atom. The Kier molecular flexibility index (Phi) is 7.08. The molecule has 0 bridgehead atoms. The van der Waals surface area contributed by atoms with Gasteiger partial charge in [0.25, 0.3) is 0 Å². The first kappa shape index (κ1) is 23.7. The second kappa shape index (κ2) is 9.84. The van der Waals surface area contributed by atoms with Gasteiger partial charge < -0.3 is 14.4 Å². The summed E-state index contributed by atoms with van der Waals surface area (Å²) >= 11 is 7.24. The first-order chi connectivity index (χ1) is 15.8. The fourth-order valence-corrected chi connectivity index (χ4v) is 6.22. The summed E-state index contributed by atoms with van der Waals surface area (Å²) in [5, 5.41) is 2.85. The molecule has 1 aromatic heterocycles. The van der Waals surface area contributed by atoms with Crippen molar-refractivity contribution in [2.75, 3.05) is 45.3 Å². The van der Waals surface area contributed by atoms with Crippen LogP contribution in [0.25, 0.3) is 0 Å². The van der Waals surface area contributed by atoms with Gasteiger partial charge in [-0.05, 0) is 29.8 Å². The maximum Gasteiger partial charge on any atom is 0.247 e. The quantitative estimate of drug-likeness (QED) is 0.476. The molecule has 0 saturated carbocycles. The number of anilines is 1. The average molecular weight is 512 g/mol. The number of rotatable bonds is 7. The Labute approximate surface area is 201 Å². The molecule has 0 amide bonds. The van der Waals surface area contributed by atoms with E-state index in [0.717, 1.165) is 16.4 Å². The first-order valence-corrected chi connectivity index (χ1v) is 12.9. The van der Waals surface area contributed by atoms with Crippen LogP contribution in [0.3, 0.4) is 0 Å². The number of thiazole rings is 1. The standard InChI is InChI=1S/C22H23ClFN3O4S2/c1-30-17-4-6-20(31-2)21(13-17)33(28,29)27-9-7-26(8-10-27)22-25-16(14-32-22)11-15-3-5-18(23)19(24)12-15/h3-6,12-14H,7-11H2,1-2H3. The van der Waals surface area contributed by atoms with Gasteiger partial charge in [0, 0.05) is 44.0 Å². The minimum absolute atomic E-state index is 0.0875. The lowest BCUT2D eigenvalue weighted by Crippen LogP contribution is -2.48. The highest BCUT2D eigenvalue weighted by Crippen LogP contribution is 2.32. The van der Waals surface area contributed by atoms with Crippen molar-refractivity contribution in [2.45, 2.75) is 11.3 Å². The minimum atomic E-state index is -3.75. The van der Waals surface area contributed by atoms with E-state index < -0.39 is 15.8 Å². The number of sulfonamides is 1. The van der Waals surface area contributed by atoms with Crippen LogP contribution in [0.2, 0.25) is 5.02 Å². The van der Waals surface area contributed by atoms with Crippen molar-refractivity contribution in [3.63, 3.8) is 0 Å². The molecule has 1 saturated heterocycles. The van der Waals surface area contributed by atoms with E-state index in [1.165, 1.54) is 48.1 Å². The van der Waals surface area contributed by atoms with Crippen molar-refractivity contribution in [3.8, 4) is 11.5 Å². The van der Waals surface area contributed by atoms with E-state index in [1.54, 1.807) is 18.2 Å². The predicted octanol–water partition coefficient (Wildman–Crippen LogP) is 4.05. The van der Waals surface area contributed by atoms with Crippen LogP contribution in [0, 0.1) is 5.82 Å².